The molecular weight excluding hydrogens is 500 g/mol. The van der Waals surface area contributed by atoms with Gasteiger partial charge in [0.15, 0.2) is 0 Å². The van der Waals surface area contributed by atoms with Crippen LogP contribution in [0.25, 0.3) is 0 Å². The van der Waals surface area contributed by atoms with E-state index in [9.17, 15) is 19.2 Å². The highest BCUT2D eigenvalue weighted by Gasteiger charge is 2.29. The van der Waals surface area contributed by atoms with Gasteiger partial charge < -0.3 is 30.8 Å². The van der Waals surface area contributed by atoms with Crippen LogP contribution in [0.2, 0.25) is 0 Å². The summed E-state index contributed by atoms with van der Waals surface area (Å²) < 4.78 is 10.4. The van der Waals surface area contributed by atoms with Crippen molar-refractivity contribution in [1.29, 1.82) is 0 Å². The van der Waals surface area contributed by atoms with Gasteiger partial charge in [0.1, 0.15) is 5.78 Å². The van der Waals surface area contributed by atoms with Crippen LogP contribution in [-0.2, 0) is 28.7 Å². The predicted octanol–water partition coefficient (Wildman–Crippen LogP) is 4.77. The summed E-state index contributed by atoms with van der Waals surface area (Å²) in [5.74, 6) is -0.335. The fraction of sp³-hybridized carbons (Fsp3) is 0.867. The van der Waals surface area contributed by atoms with Gasteiger partial charge in [0.2, 0.25) is 0 Å². The lowest BCUT2D eigenvalue weighted by molar-refractivity contribution is -0.155. The van der Waals surface area contributed by atoms with Crippen LogP contribution in [0.5, 0.6) is 0 Å². The second kappa shape index (κ2) is 18.4. The van der Waals surface area contributed by atoms with Gasteiger partial charge >= 0.3 is 17.9 Å². The molecular formula is C30H54N2O7. The lowest BCUT2D eigenvalue weighted by atomic mass is 9.79. The smallest absolute Gasteiger partial charge is 0.309 e. The molecule has 226 valence electrons. The van der Waals surface area contributed by atoms with Crippen molar-refractivity contribution in [2.75, 3.05) is 0 Å². The normalized spacial score (nSPS) is 28.7. The van der Waals surface area contributed by atoms with Crippen LogP contribution in [0.4, 0.5) is 0 Å². The lowest BCUT2D eigenvalue weighted by Crippen LogP contribution is -2.33. The van der Waals surface area contributed by atoms with Crippen molar-refractivity contribution in [3.05, 3.63) is 0 Å². The number of nitrogens with two attached hydrogens (primary N) is 2. The van der Waals surface area contributed by atoms with Crippen molar-refractivity contribution in [3.8, 4) is 0 Å². The molecule has 39 heavy (non-hydrogen) atoms. The molecule has 0 aromatic carbocycles. The van der Waals surface area contributed by atoms with E-state index in [1.807, 2.05) is 27.7 Å². The van der Waals surface area contributed by atoms with Crippen molar-refractivity contribution in [2.45, 2.75) is 142 Å². The van der Waals surface area contributed by atoms with Gasteiger partial charge in [-0.25, -0.2) is 0 Å². The van der Waals surface area contributed by atoms with Crippen LogP contribution in [0.1, 0.15) is 118 Å². The van der Waals surface area contributed by atoms with Crippen LogP contribution < -0.4 is 11.5 Å². The van der Waals surface area contributed by atoms with Gasteiger partial charge in [0.25, 0.3) is 0 Å². The SMILES string of the molecule is CC(=O)C[C@@H]1CCC[C@H](C(=O)OC(C)C)C1.CC(C)OC(=O)C1CCCC(N)C1.NC1CCCC(C(=O)O)C1. The average Bonchev–Trinajstić information content (AvgIpc) is 2.84. The molecule has 0 aromatic rings. The molecule has 3 aliphatic rings. The minimum Gasteiger partial charge on any atom is -0.481 e. The maximum atomic E-state index is 11.7. The van der Waals surface area contributed by atoms with Gasteiger partial charge in [0.05, 0.1) is 30.0 Å². The van der Waals surface area contributed by atoms with Crippen molar-refractivity contribution in [2.24, 2.45) is 35.1 Å². The zero-order valence-corrected chi connectivity index (χ0v) is 24.9. The van der Waals surface area contributed by atoms with Crippen molar-refractivity contribution in [1.82, 2.24) is 0 Å². The summed E-state index contributed by atoms with van der Waals surface area (Å²) in [4.78, 5) is 44.7. The molecule has 3 aliphatic carbocycles. The van der Waals surface area contributed by atoms with Gasteiger partial charge in [0, 0.05) is 18.5 Å². The quantitative estimate of drug-likeness (QED) is 0.377. The molecule has 3 rings (SSSR count). The molecule has 6 atom stereocenters. The van der Waals surface area contributed by atoms with E-state index in [1.54, 1.807) is 6.92 Å². The number of Topliss-reactive ketones (excluding diaryl/α,β-unsaturated/α-hetero) is 1. The molecule has 0 bridgehead atoms. The third-order valence-electron chi connectivity index (χ3n) is 7.51. The molecule has 0 aliphatic heterocycles. The number of carbonyl (C=O) groups excluding carboxylic acids is 3. The van der Waals surface area contributed by atoms with Crippen molar-refractivity contribution < 1.29 is 33.8 Å². The molecule has 0 radical (unpaired) electrons. The van der Waals surface area contributed by atoms with Gasteiger partial charge in [-0.15, -0.1) is 0 Å². The van der Waals surface area contributed by atoms with E-state index < -0.39 is 5.97 Å². The number of rotatable bonds is 7. The summed E-state index contributed by atoms with van der Waals surface area (Å²) in [6.07, 6.45) is 11.7. The van der Waals surface area contributed by atoms with E-state index in [-0.39, 0.29) is 59.8 Å². The van der Waals surface area contributed by atoms with Crippen LogP contribution in [0.3, 0.4) is 0 Å². The van der Waals surface area contributed by atoms with E-state index in [1.165, 1.54) is 0 Å². The second-order valence-corrected chi connectivity index (χ2v) is 12.2. The molecule has 0 amide bonds. The number of esters is 2. The van der Waals surface area contributed by atoms with Crippen LogP contribution in [0, 0.1) is 23.7 Å². The minimum absolute atomic E-state index is 0.00866. The molecule has 9 nitrogen and oxygen atoms in total. The van der Waals surface area contributed by atoms with Crippen LogP contribution >= 0.6 is 0 Å². The highest BCUT2D eigenvalue weighted by molar-refractivity contribution is 5.76. The number of ether oxygens (including phenoxy) is 2. The fourth-order valence-electron chi connectivity index (χ4n) is 5.65. The number of hydrogen-bond acceptors (Lipinski definition) is 8. The second-order valence-electron chi connectivity index (χ2n) is 12.2. The summed E-state index contributed by atoms with van der Waals surface area (Å²) >= 11 is 0. The number of aliphatic carboxylic acids is 1. The first-order chi connectivity index (χ1) is 18.3. The Hall–Kier alpha value is -2.00. The van der Waals surface area contributed by atoms with Crippen LogP contribution in [0.15, 0.2) is 0 Å². The van der Waals surface area contributed by atoms with E-state index in [4.69, 9.17) is 26.0 Å². The summed E-state index contributed by atoms with van der Waals surface area (Å²) in [5.41, 5.74) is 11.4. The van der Waals surface area contributed by atoms with Crippen molar-refractivity contribution >= 4 is 23.7 Å². The van der Waals surface area contributed by atoms with Gasteiger partial charge in [-0.3, -0.25) is 14.4 Å². The van der Waals surface area contributed by atoms with Gasteiger partial charge in [-0.2, -0.15) is 0 Å². The number of carboxylic acid groups (broad SMARTS) is 1. The summed E-state index contributed by atoms with van der Waals surface area (Å²) in [6.45, 7) is 9.11. The Kier molecular flexibility index (Phi) is 16.5. The fourth-order valence-corrected chi connectivity index (χ4v) is 5.65. The maximum absolute atomic E-state index is 11.7. The third kappa shape index (κ3) is 15.4. The van der Waals surface area contributed by atoms with E-state index in [0.717, 1.165) is 70.6 Å². The highest BCUT2D eigenvalue weighted by atomic mass is 16.5. The third-order valence-corrected chi connectivity index (χ3v) is 7.51. The molecule has 3 saturated carbocycles. The Morgan fingerprint density at radius 3 is 1.49 bits per heavy atom. The number of carboxylic acids is 1. The molecule has 5 N–H and O–H groups in total. The van der Waals surface area contributed by atoms with Crippen LogP contribution in [-0.4, -0.2) is 53.1 Å². The number of ketones is 1. The number of hydrogen-bond donors (Lipinski definition) is 3. The highest BCUT2D eigenvalue weighted by Crippen LogP contribution is 2.32. The largest absolute Gasteiger partial charge is 0.481 e. The Morgan fingerprint density at radius 1 is 0.692 bits per heavy atom. The predicted molar refractivity (Wildman–Crippen MR) is 151 cm³/mol. The molecule has 0 saturated heterocycles. The zero-order valence-electron chi connectivity index (χ0n) is 24.9. The van der Waals surface area contributed by atoms with E-state index in [0.29, 0.717) is 18.8 Å². The molecule has 3 fully saturated rings. The van der Waals surface area contributed by atoms with Gasteiger partial charge in [-0.05, 0) is 98.3 Å². The Balaban J connectivity index is 0.000000300. The molecule has 9 heteroatoms. The molecule has 0 heterocycles. The topological polar surface area (TPSA) is 159 Å². The first kappa shape index (κ1) is 35.0. The van der Waals surface area contributed by atoms with E-state index in [2.05, 4.69) is 0 Å². The Bertz CT molecular complexity index is 770. The standard InChI is InChI=1S/C13H22O3.C10H19NO2.C7H13NO2/c1-9(2)16-13(15)12-6-4-5-11(8-12)7-10(3)14;1-7(2)13-10(12)8-4-3-5-9(11)6-8;8-6-3-1-2-5(4-6)7(9)10/h9,11-12H,4-8H2,1-3H3;7-9H,3-6,11H2,1-2H3;5-6H,1-4,8H2,(H,9,10)/t11-,12-;;/m0../s1. The number of carbonyl (C=O) groups is 4. The first-order valence-corrected chi connectivity index (χ1v) is 14.9. The minimum atomic E-state index is -0.685. The lowest BCUT2D eigenvalue weighted by Gasteiger charge is -2.27. The summed E-state index contributed by atoms with van der Waals surface area (Å²) in [7, 11) is 0. The Morgan fingerprint density at radius 2 is 1.10 bits per heavy atom. The molecule has 0 spiro atoms. The average molecular weight is 555 g/mol. The van der Waals surface area contributed by atoms with Crippen molar-refractivity contribution in [3.63, 3.8) is 0 Å². The molecule has 0 aromatic heterocycles. The summed E-state index contributed by atoms with van der Waals surface area (Å²) in [5, 5.41) is 8.60. The van der Waals surface area contributed by atoms with Gasteiger partial charge in [-0.1, -0.05) is 19.3 Å². The molecule has 4 unspecified atom stereocenters. The van der Waals surface area contributed by atoms with E-state index >= 15 is 0 Å². The summed E-state index contributed by atoms with van der Waals surface area (Å²) in [6, 6.07) is 0.313. The monoisotopic (exact) mass is 554 g/mol. The maximum Gasteiger partial charge on any atom is 0.309 e. The zero-order chi connectivity index (χ0) is 29.5. The Labute approximate surface area is 235 Å². The first-order valence-electron chi connectivity index (χ1n) is 14.9.